The zero-order valence-corrected chi connectivity index (χ0v) is 15.0. The van der Waals surface area contributed by atoms with Crippen molar-refractivity contribution in [2.45, 2.75) is 25.4 Å². The molecule has 0 saturated carbocycles. The lowest BCUT2D eigenvalue weighted by Gasteiger charge is -2.34. The second-order valence-corrected chi connectivity index (χ2v) is 7.22. The SMILES string of the molecule is O=c1cnc2cnc3[nH]ccc3c2n1C1CCCN(Cc2ccccc2)C1. The Hall–Kier alpha value is -2.99. The molecule has 1 aliphatic rings. The molecule has 1 fully saturated rings. The van der Waals surface area contributed by atoms with E-state index in [1.165, 1.54) is 11.8 Å². The van der Waals surface area contributed by atoms with Gasteiger partial charge in [0.15, 0.2) is 0 Å². The van der Waals surface area contributed by atoms with Crippen LogP contribution in [-0.4, -0.2) is 37.5 Å². The summed E-state index contributed by atoms with van der Waals surface area (Å²) in [4.78, 5) is 27.1. The van der Waals surface area contributed by atoms with E-state index in [1.54, 1.807) is 6.20 Å². The number of pyridine rings is 1. The lowest BCUT2D eigenvalue weighted by molar-refractivity contribution is 0.170. The van der Waals surface area contributed by atoms with Gasteiger partial charge in [0.05, 0.1) is 24.0 Å². The summed E-state index contributed by atoms with van der Waals surface area (Å²) < 4.78 is 1.94. The van der Waals surface area contributed by atoms with Crippen molar-refractivity contribution < 1.29 is 0 Å². The summed E-state index contributed by atoms with van der Waals surface area (Å²) in [7, 11) is 0. The molecule has 4 heterocycles. The number of H-pyrrole nitrogens is 1. The highest BCUT2D eigenvalue weighted by molar-refractivity contribution is 6.00. The van der Waals surface area contributed by atoms with E-state index in [4.69, 9.17) is 0 Å². The smallest absolute Gasteiger partial charge is 0.269 e. The number of benzene rings is 1. The number of aromatic amines is 1. The van der Waals surface area contributed by atoms with Gasteiger partial charge in [-0.05, 0) is 31.0 Å². The number of likely N-dealkylation sites (tertiary alicyclic amines) is 1. The summed E-state index contributed by atoms with van der Waals surface area (Å²) in [6, 6.07) is 12.6. The fourth-order valence-corrected chi connectivity index (χ4v) is 4.22. The van der Waals surface area contributed by atoms with E-state index >= 15 is 0 Å². The summed E-state index contributed by atoms with van der Waals surface area (Å²) >= 11 is 0. The van der Waals surface area contributed by atoms with E-state index < -0.39 is 0 Å². The maximum absolute atomic E-state index is 12.8. The average molecular weight is 359 g/mol. The topological polar surface area (TPSA) is 66.8 Å². The van der Waals surface area contributed by atoms with Crippen LogP contribution < -0.4 is 5.56 Å². The number of rotatable bonds is 3. The number of nitrogens with one attached hydrogen (secondary N) is 1. The molecule has 0 spiro atoms. The number of fused-ring (bicyclic) bond motifs is 3. The molecular weight excluding hydrogens is 338 g/mol. The highest BCUT2D eigenvalue weighted by Gasteiger charge is 2.24. The predicted molar refractivity (Wildman–Crippen MR) is 106 cm³/mol. The Bertz CT molecular complexity index is 1150. The van der Waals surface area contributed by atoms with Crippen LogP contribution in [0.5, 0.6) is 0 Å². The lowest BCUT2D eigenvalue weighted by atomic mass is 10.0. The Morgan fingerprint density at radius 3 is 2.89 bits per heavy atom. The van der Waals surface area contributed by atoms with Gasteiger partial charge in [-0.25, -0.2) is 9.97 Å². The first kappa shape index (κ1) is 16.2. The molecule has 4 aromatic rings. The van der Waals surface area contributed by atoms with Crippen LogP contribution >= 0.6 is 0 Å². The third-order valence-electron chi connectivity index (χ3n) is 5.43. The summed E-state index contributed by atoms with van der Waals surface area (Å²) in [5.41, 5.74) is 3.72. The Balaban J connectivity index is 1.55. The molecule has 136 valence electrons. The summed E-state index contributed by atoms with van der Waals surface area (Å²) in [6.07, 6.45) is 7.11. The average Bonchev–Trinajstić information content (AvgIpc) is 3.18. The Kier molecular flexibility index (Phi) is 3.98. The number of hydrogen-bond donors (Lipinski definition) is 1. The molecule has 1 aliphatic heterocycles. The molecule has 3 aromatic heterocycles. The zero-order valence-electron chi connectivity index (χ0n) is 15.0. The van der Waals surface area contributed by atoms with Crippen LogP contribution in [0.2, 0.25) is 0 Å². The van der Waals surface area contributed by atoms with Crippen molar-refractivity contribution in [2.75, 3.05) is 13.1 Å². The zero-order chi connectivity index (χ0) is 18.2. The van der Waals surface area contributed by atoms with Gasteiger partial charge in [-0.15, -0.1) is 0 Å². The van der Waals surface area contributed by atoms with Gasteiger partial charge >= 0.3 is 0 Å². The molecule has 0 aliphatic carbocycles. The molecule has 1 atom stereocenters. The van der Waals surface area contributed by atoms with Crippen molar-refractivity contribution in [1.29, 1.82) is 0 Å². The minimum absolute atomic E-state index is 0.0391. The van der Waals surface area contributed by atoms with Crippen molar-refractivity contribution >= 4 is 22.1 Å². The molecule has 0 amide bonds. The monoisotopic (exact) mass is 359 g/mol. The molecule has 6 heteroatoms. The molecule has 1 saturated heterocycles. The van der Waals surface area contributed by atoms with E-state index in [0.717, 1.165) is 54.5 Å². The number of hydrogen-bond acceptors (Lipinski definition) is 4. The fraction of sp³-hybridized carbons (Fsp3) is 0.286. The van der Waals surface area contributed by atoms with Gasteiger partial charge in [-0.1, -0.05) is 30.3 Å². The molecule has 1 unspecified atom stereocenters. The van der Waals surface area contributed by atoms with E-state index in [9.17, 15) is 4.79 Å². The highest BCUT2D eigenvalue weighted by atomic mass is 16.1. The van der Waals surface area contributed by atoms with Crippen LogP contribution in [0.4, 0.5) is 0 Å². The van der Waals surface area contributed by atoms with Gasteiger partial charge in [0.25, 0.3) is 5.56 Å². The minimum Gasteiger partial charge on any atom is -0.346 e. The molecule has 0 radical (unpaired) electrons. The van der Waals surface area contributed by atoms with Crippen LogP contribution in [0.1, 0.15) is 24.4 Å². The fourth-order valence-electron chi connectivity index (χ4n) is 4.22. The Morgan fingerprint density at radius 1 is 1.11 bits per heavy atom. The summed E-state index contributed by atoms with van der Waals surface area (Å²) in [6.45, 7) is 2.84. The maximum Gasteiger partial charge on any atom is 0.269 e. The van der Waals surface area contributed by atoms with Gasteiger partial charge in [0.1, 0.15) is 11.2 Å². The number of nitrogens with zero attached hydrogens (tertiary/aromatic N) is 4. The first-order valence-electron chi connectivity index (χ1n) is 9.39. The quantitative estimate of drug-likeness (QED) is 0.610. The van der Waals surface area contributed by atoms with Crippen LogP contribution in [0.3, 0.4) is 0 Å². The second-order valence-electron chi connectivity index (χ2n) is 7.22. The van der Waals surface area contributed by atoms with Crippen LogP contribution in [0.25, 0.3) is 22.1 Å². The van der Waals surface area contributed by atoms with Crippen molar-refractivity contribution in [2.24, 2.45) is 0 Å². The van der Waals surface area contributed by atoms with Gasteiger partial charge < -0.3 is 9.55 Å². The van der Waals surface area contributed by atoms with Crippen molar-refractivity contribution in [3.05, 3.63) is 70.9 Å². The van der Waals surface area contributed by atoms with Crippen LogP contribution in [0, 0.1) is 0 Å². The van der Waals surface area contributed by atoms with Crippen molar-refractivity contribution in [3.8, 4) is 0 Å². The Morgan fingerprint density at radius 2 is 2.00 bits per heavy atom. The molecule has 6 nitrogen and oxygen atoms in total. The largest absolute Gasteiger partial charge is 0.346 e. The van der Waals surface area contributed by atoms with Crippen molar-refractivity contribution in [3.63, 3.8) is 0 Å². The van der Waals surface area contributed by atoms with E-state index in [1.807, 2.05) is 22.9 Å². The van der Waals surface area contributed by atoms with Crippen LogP contribution in [0.15, 0.2) is 59.8 Å². The Labute approximate surface area is 156 Å². The molecule has 0 bridgehead atoms. The summed E-state index contributed by atoms with van der Waals surface area (Å²) in [5.74, 6) is 0. The highest BCUT2D eigenvalue weighted by Crippen LogP contribution is 2.27. The molecule has 27 heavy (non-hydrogen) atoms. The molecule has 1 aromatic carbocycles. The normalized spacial score (nSPS) is 18.3. The number of aromatic nitrogens is 4. The second kappa shape index (κ2) is 6.63. The van der Waals surface area contributed by atoms with Crippen molar-refractivity contribution in [1.82, 2.24) is 24.4 Å². The predicted octanol–water partition coefficient (Wildman–Crippen LogP) is 3.11. The number of piperidine rings is 1. The van der Waals surface area contributed by atoms with Crippen LogP contribution in [-0.2, 0) is 6.54 Å². The first-order chi connectivity index (χ1) is 13.3. The lowest BCUT2D eigenvalue weighted by Crippen LogP contribution is -2.39. The summed E-state index contributed by atoms with van der Waals surface area (Å²) in [5, 5.41) is 0.956. The van der Waals surface area contributed by atoms with Gasteiger partial charge in [0, 0.05) is 24.7 Å². The molecular formula is C21H21N5O. The van der Waals surface area contributed by atoms with E-state index in [-0.39, 0.29) is 11.6 Å². The van der Waals surface area contributed by atoms with Gasteiger partial charge in [-0.2, -0.15) is 0 Å². The van der Waals surface area contributed by atoms with E-state index in [0.29, 0.717) is 0 Å². The standard InChI is InChI=1S/C21H21N5O/c27-19-12-23-18-11-24-21-17(8-9-22-21)20(18)26(19)16-7-4-10-25(14-16)13-15-5-2-1-3-6-15/h1-3,5-6,8-9,11-12,16H,4,7,10,13-14H2,(H,22,24). The minimum atomic E-state index is -0.0391. The van der Waals surface area contributed by atoms with Gasteiger partial charge in [-0.3, -0.25) is 9.69 Å². The molecule has 5 rings (SSSR count). The third-order valence-corrected chi connectivity index (χ3v) is 5.43. The van der Waals surface area contributed by atoms with E-state index in [2.05, 4.69) is 44.1 Å². The van der Waals surface area contributed by atoms with Gasteiger partial charge in [0.2, 0.25) is 0 Å². The molecule has 1 N–H and O–H groups in total. The first-order valence-corrected chi connectivity index (χ1v) is 9.39. The maximum atomic E-state index is 12.8. The third kappa shape index (κ3) is 2.92.